The molecule has 0 spiro atoms. The van der Waals surface area contributed by atoms with Gasteiger partial charge < -0.3 is 0 Å². The molecule has 1 aliphatic rings. The number of aromatic nitrogens is 1. The molecular weight excluding hydrogens is 165 g/mol. The first-order valence-electron chi connectivity index (χ1n) is 3.36. The number of pyridine rings is 1. The zero-order valence-electron chi connectivity index (χ0n) is 5.72. The molecule has 1 heterocycles. The van der Waals surface area contributed by atoms with Crippen molar-refractivity contribution in [2.75, 3.05) is 0 Å². The number of halogens is 2. The fourth-order valence-corrected chi connectivity index (χ4v) is 1.23. The van der Waals surface area contributed by atoms with E-state index in [1.165, 1.54) is 0 Å². The predicted octanol–water partition coefficient (Wildman–Crippen LogP) is 2.31. The highest BCUT2D eigenvalue weighted by Gasteiger charge is 2.56. The van der Waals surface area contributed by atoms with Crippen LogP contribution >= 0.6 is 11.6 Å². The predicted molar refractivity (Wildman–Crippen MR) is 40.9 cm³/mol. The lowest BCUT2D eigenvalue weighted by Crippen LogP contribution is -1.93. The summed E-state index contributed by atoms with van der Waals surface area (Å²) in [5, 5.41) is -1.60. The largest absolute Gasteiger partial charge is 0.261 e. The normalized spacial score (nSPS) is 30.4. The minimum atomic E-state index is -1.60. The highest BCUT2D eigenvalue weighted by atomic mass is 35.5. The third kappa shape index (κ3) is 1.23. The van der Waals surface area contributed by atoms with Gasteiger partial charge in [0.05, 0.1) is 11.6 Å². The minimum absolute atomic E-state index is 0.311. The number of hydrogen-bond donors (Lipinski definition) is 0. The van der Waals surface area contributed by atoms with E-state index in [9.17, 15) is 4.39 Å². The molecule has 0 aliphatic heterocycles. The Morgan fingerprint density at radius 3 is 2.73 bits per heavy atom. The molecule has 0 saturated heterocycles. The van der Waals surface area contributed by atoms with E-state index in [4.69, 9.17) is 11.6 Å². The Labute approximate surface area is 69.2 Å². The maximum absolute atomic E-state index is 12.8. The van der Waals surface area contributed by atoms with Crippen LogP contribution in [0.5, 0.6) is 0 Å². The summed E-state index contributed by atoms with van der Waals surface area (Å²) in [7, 11) is 0. The average Bonchev–Trinajstić information content (AvgIpc) is 2.62. The van der Waals surface area contributed by atoms with Crippen LogP contribution in [0.1, 0.15) is 12.1 Å². The third-order valence-corrected chi connectivity index (χ3v) is 2.05. The van der Waals surface area contributed by atoms with E-state index < -0.39 is 5.13 Å². The Hall–Kier alpha value is -0.630. The van der Waals surface area contributed by atoms with Crippen molar-refractivity contribution in [1.29, 1.82) is 0 Å². The molecule has 1 nitrogen and oxygen atoms in total. The lowest BCUT2D eigenvalue weighted by Gasteiger charge is -1.95. The number of hydrogen-bond acceptors (Lipinski definition) is 1. The molecule has 1 saturated carbocycles. The van der Waals surface area contributed by atoms with Gasteiger partial charge in [-0.3, -0.25) is 4.98 Å². The van der Waals surface area contributed by atoms with Gasteiger partial charge in [-0.2, -0.15) is 0 Å². The quantitative estimate of drug-likeness (QED) is 0.590. The number of alkyl halides is 2. The summed E-state index contributed by atoms with van der Waals surface area (Å²) in [5.74, 6) is 0.597. The summed E-state index contributed by atoms with van der Waals surface area (Å²) in [6, 6.07) is 5.38. The fourth-order valence-electron chi connectivity index (χ4n) is 0.997. The monoisotopic (exact) mass is 170 g/mol. The summed E-state index contributed by atoms with van der Waals surface area (Å²) in [6.45, 7) is 0. The second kappa shape index (κ2) is 2.18. The molecule has 1 radical (unpaired) electrons. The van der Waals surface area contributed by atoms with E-state index >= 15 is 0 Å². The molecule has 3 heteroatoms. The van der Waals surface area contributed by atoms with E-state index in [0.29, 0.717) is 18.0 Å². The average molecular weight is 171 g/mol. The second-order valence-corrected chi connectivity index (χ2v) is 3.17. The van der Waals surface area contributed by atoms with E-state index in [1.54, 1.807) is 18.3 Å². The van der Waals surface area contributed by atoms with Crippen LogP contribution in [0.25, 0.3) is 0 Å². The van der Waals surface area contributed by atoms with Gasteiger partial charge in [0.15, 0.2) is 5.13 Å². The van der Waals surface area contributed by atoms with Gasteiger partial charge in [0, 0.05) is 12.6 Å². The van der Waals surface area contributed by atoms with Crippen LogP contribution in [0.2, 0.25) is 0 Å². The van der Waals surface area contributed by atoms with Crippen LogP contribution in [-0.2, 0) is 0 Å². The molecule has 57 valence electrons. The van der Waals surface area contributed by atoms with Crippen molar-refractivity contribution >= 4 is 11.6 Å². The molecule has 11 heavy (non-hydrogen) atoms. The maximum Gasteiger partial charge on any atom is 0.197 e. The number of nitrogens with zero attached hydrogens (tertiary/aromatic N) is 1. The SMILES string of the molecule is FC1(Cl)C[C]1c1ccccn1. The number of rotatable bonds is 1. The molecule has 1 atom stereocenters. The first kappa shape index (κ1) is 7.04. The summed E-state index contributed by atoms with van der Waals surface area (Å²) >= 11 is 5.40. The first-order valence-corrected chi connectivity index (χ1v) is 3.73. The molecule has 1 unspecified atom stereocenters. The van der Waals surface area contributed by atoms with Crippen LogP contribution in [0.15, 0.2) is 24.4 Å². The fraction of sp³-hybridized carbons (Fsp3) is 0.250. The molecule has 0 aromatic carbocycles. The molecule has 1 aromatic rings. The molecule has 0 amide bonds. The van der Waals surface area contributed by atoms with Gasteiger partial charge in [0.1, 0.15) is 0 Å². The van der Waals surface area contributed by atoms with Gasteiger partial charge in [-0.1, -0.05) is 17.7 Å². The van der Waals surface area contributed by atoms with Gasteiger partial charge in [-0.15, -0.1) is 0 Å². The standard InChI is InChI=1S/C8H6ClFN/c9-8(10)5-6(8)7-3-1-2-4-11-7/h1-4H,5H2. The first-order chi connectivity index (χ1) is 5.20. The van der Waals surface area contributed by atoms with Gasteiger partial charge in [0.25, 0.3) is 0 Å². The smallest absolute Gasteiger partial charge is 0.197 e. The lowest BCUT2D eigenvalue weighted by molar-refractivity contribution is 0.436. The van der Waals surface area contributed by atoms with Gasteiger partial charge in [-0.05, 0) is 12.1 Å². The van der Waals surface area contributed by atoms with E-state index in [0.717, 1.165) is 0 Å². The topological polar surface area (TPSA) is 12.9 Å². The van der Waals surface area contributed by atoms with E-state index in [-0.39, 0.29) is 0 Å². The molecule has 2 rings (SSSR count). The van der Waals surface area contributed by atoms with E-state index in [2.05, 4.69) is 4.98 Å². The van der Waals surface area contributed by atoms with Gasteiger partial charge in [0.2, 0.25) is 0 Å². The summed E-state index contributed by atoms with van der Waals surface area (Å²) in [6.07, 6.45) is 1.94. The highest BCUT2D eigenvalue weighted by molar-refractivity contribution is 6.27. The zero-order valence-corrected chi connectivity index (χ0v) is 6.48. The van der Waals surface area contributed by atoms with Crippen LogP contribution in [0.3, 0.4) is 0 Å². The van der Waals surface area contributed by atoms with Crippen molar-refractivity contribution in [3.63, 3.8) is 0 Å². The van der Waals surface area contributed by atoms with Crippen LogP contribution in [0, 0.1) is 5.92 Å². The van der Waals surface area contributed by atoms with Crippen molar-refractivity contribution in [2.24, 2.45) is 0 Å². The molecule has 0 N–H and O–H groups in total. The van der Waals surface area contributed by atoms with Crippen molar-refractivity contribution in [1.82, 2.24) is 4.98 Å². The zero-order chi connectivity index (χ0) is 7.90. The van der Waals surface area contributed by atoms with Gasteiger partial charge in [-0.25, -0.2) is 4.39 Å². The van der Waals surface area contributed by atoms with E-state index in [1.807, 2.05) is 6.07 Å². The lowest BCUT2D eigenvalue weighted by atomic mass is 10.2. The highest BCUT2D eigenvalue weighted by Crippen LogP contribution is 2.55. The third-order valence-electron chi connectivity index (χ3n) is 1.69. The van der Waals surface area contributed by atoms with Crippen molar-refractivity contribution in [3.8, 4) is 0 Å². The van der Waals surface area contributed by atoms with Crippen molar-refractivity contribution in [3.05, 3.63) is 36.0 Å². The van der Waals surface area contributed by atoms with Crippen molar-refractivity contribution < 1.29 is 4.39 Å². The molecular formula is C8H6ClFN. The Bertz CT molecular complexity index is 260. The molecule has 1 aliphatic carbocycles. The molecule has 0 bridgehead atoms. The second-order valence-electron chi connectivity index (χ2n) is 2.57. The van der Waals surface area contributed by atoms with Crippen LogP contribution < -0.4 is 0 Å². The Balaban J connectivity index is 2.21. The summed E-state index contributed by atoms with van der Waals surface area (Å²) in [4.78, 5) is 3.97. The Kier molecular flexibility index (Phi) is 1.39. The Morgan fingerprint density at radius 2 is 2.27 bits per heavy atom. The molecule has 1 aromatic heterocycles. The molecule has 1 fully saturated rings. The van der Waals surface area contributed by atoms with Crippen LogP contribution in [-0.4, -0.2) is 10.1 Å². The summed E-state index contributed by atoms with van der Waals surface area (Å²) in [5.41, 5.74) is 0.671. The summed E-state index contributed by atoms with van der Waals surface area (Å²) < 4.78 is 12.8. The minimum Gasteiger partial charge on any atom is -0.261 e. The maximum atomic E-state index is 12.8. The van der Waals surface area contributed by atoms with Crippen LogP contribution in [0.4, 0.5) is 4.39 Å². The van der Waals surface area contributed by atoms with Gasteiger partial charge >= 0.3 is 0 Å². The van der Waals surface area contributed by atoms with Crippen molar-refractivity contribution in [2.45, 2.75) is 11.5 Å². The Morgan fingerprint density at radius 1 is 1.55 bits per heavy atom.